The SMILES string of the molecule is c1ccc(-c2cnc3ccccn23)cc1.c1ccc(-c2cnn3ccccc23)cc1.c1ccc(-c2ncc3ccccn23)cc1.c1ccc(-c2ncn3ccccc23)cc1.c1ccc(-n2cnc3ccccc32)cc1.c1ccc(-n2ncc3ccccc32)cc1. The van der Waals surface area contributed by atoms with Gasteiger partial charge in [0, 0.05) is 58.1 Å². The summed E-state index contributed by atoms with van der Waals surface area (Å²) in [6.45, 7) is 0. The second-order valence-corrected chi connectivity index (χ2v) is 20.7. The van der Waals surface area contributed by atoms with Crippen molar-refractivity contribution in [3.63, 3.8) is 0 Å². The van der Waals surface area contributed by atoms with Gasteiger partial charge in [0.1, 0.15) is 17.8 Å². The van der Waals surface area contributed by atoms with Gasteiger partial charge in [0.15, 0.2) is 0 Å². The monoisotopic (exact) mass is 1160 g/mol. The van der Waals surface area contributed by atoms with Crippen LogP contribution in [0.4, 0.5) is 0 Å². The van der Waals surface area contributed by atoms with Crippen LogP contribution in [0.5, 0.6) is 0 Å². The van der Waals surface area contributed by atoms with Crippen molar-refractivity contribution in [2.24, 2.45) is 0 Å². The minimum atomic E-state index is 0.983. The van der Waals surface area contributed by atoms with Crippen LogP contribution in [0.2, 0.25) is 0 Å². The first-order valence-corrected chi connectivity index (χ1v) is 29.6. The van der Waals surface area contributed by atoms with Crippen molar-refractivity contribution in [2.75, 3.05) is 0 Å². The number of hydrogen-bond acceptors (Lipinski definition) is 6. The molecule has 0 aliphatic heterocycles. The van der Waals surface area contributed by atoms with Crippen LogP contribution < -0.4 is 0 Å². The van der Waals surface area contributed by atoms with Crippen LogP contribution in [0.15, 0.2) is 366 Å². The van der Waals surface area contributed by atoms with Crippen molar-refractivity contribution in [3.05, 3.63) is 366 Å². The summed E-state index contributed by atoms with van der Waals surface area (Å²) in [5, 5.41) is 9.86. The first-order valence-electron chi connectivity index (χ1n) is 29.6. The Morgan fingerprint density at radius 3 is 1.58 bits per heavy atom. The highest BCUT2D eigenvalue weighted by Gasteiger charge is 2.09. The molecule has 0 spiro atoms. The molecule has 0 bridgehead atoms. The van der Waals surface area contributed by atoms with Crippen LogP contribution in [0.3, 0.4) is 0 Å². The maximum absolute atomic E-state index is 4.43. The number of pyridine rings is 4. The summed E-state index contributed by atoms with van der Waals surface area (Å²) in [5.41, 5.74) is 18.0. The zero-order valence-corrected chi connectivity index (χ0v) is 49.0. The fourth-order valence-electron chi connectivity index (χ4n) is 10.5. The number of para-hydroxylation sites is 5. The predicted octanol–water partition coefficient (Wildman–Crippen LogP) is 18.1. The Morgan fingerprint density at radius 2 is 0.844 bits per heavy atom. The highest BCUT2D eigenvalue weighted by atomic mass is 15.3. The molecule has 18 aromatic rings. The van der Waals surface area contributed by atoms with E-state index in [1.165, 1.54) is 22.1 Å². The number of aromatic nitrogens is 12. The topological polar surface area (TPSA) is 105 Å². The molecule has 0 saturated carbocycles. The lowest BCUT2D eigenvalue weighted by Gasteiger charge is -2.02. The van der Waals surface area contributed by atoms with Crippen molar-refractivity contribution in [1.82, 2.24) is 57.1 Å². The van der Waals surface area contributed by atoms with Crippen LogP contribution in [0, 0.1) is 0 Å². The molecule has 0 unspecified atom stereocenters. The predicted molar refractivity (Wildman–Crippen MR) is 365 cm³/mol. The third kappa shape index (κ3) is 13.0. The Hall–Kier alpha value is -12.5. The lowest BCUT2D eigenvalue weighted by molar-refractivity contribution is 0.911. The maximum atomic E-state index is 4.43. The number of hydrogen-bond donors (Lipinski definition) is 0. The van der Waals surface area contributed by atoms with Gasteiger partial charge >= 0.3 is 0 Å². The molecule has 0 saturated heterocycles. The minimum absolute atomic E-state index is 0.983. The van der Waals surface area contributed by atoms with E-state index < -0.39 is 0 Å². The van der Waals surface area contributed by atoms with Crippen LogP contribution in [-0.2, 0) is 0 Å². The average Bonchev–Trinajstić information content (AvgIpc) is 3.74. The molecular formula is C78H60N12. The summed E-state index contributed by atoms with van der Waals surface area (Å²) in [6, 6.07) is 102. The summed E-state index contributed by atoms with van der Waals surface area (Å²) >= 11 is 0. The standard InChI is InChI=1S/6C13H10N2/c1-2-7-12(8-3-1)15-13-9-5-4-6-11(13)10-14-15;1-2-6-11(7-3-1)12-10-14-13-8-4-5-9-15(12)13;1-2-6-11(7-3-1)12-10-14-15-9-5-4-8-13(12)15;1-2-6-11(7-3-1)13-12-8-4-5-9-15(12)10-14-13;1-2-6-11(7-3-1)15-10-14-12-8-4-5-9-13(12)15;1-2-6-11(7-3-1)13-14-10-12-8-4-5-9-15(12)13/h6*1-10H. The Balaban J connectivity index is 0.0000000991. The fraction of sp³-hybridized carbons (Fsp3) is 0. The summed E-state index contributed by atoms with van der Waals surface area (Å²) in [6.07, 6.45) is 19.3. The minimum Gasteiger partial charge on any atom is -0.306 e. The van der Waals surface area contributed by atoms with Crippen LogP contribution in [0.25, 0.3) is 101 Å². The maximum Gasteiger partial charge on any atom is 0.144 e. The fourth-order valence-corrected chi connectivity index (χ4v) is 10.5. The molecule has 432 valence electrons. The quantitative estimate of drug-likeness (QED) is 0.164. The van der Waals surface area contributed by atoms with Gasteiger partial charge in [-0.15, -0.1) is 0 Å². The van der Waals surface area contributed by atoms with Gasteiger partial charge in [0.25, 0.3) is 0 Å². The van der Waals surface area contributed by atoms with Crippen molar-refractivity contribution in [1.29, 1.82) is 0 Å². The third-order valence-electron chi connectivity index (χ3n) is 14.9. The molecular weight excluding hydrogens is 1100 g/mol. The Bertz CT molecular complexity index is 4340. The summed E-state index contributed by atoms with van der Waals surface area (Å²) < 4.78 is 12.2. The van der Waals surface area contributed by atoms with E-state index in [-0.39, 0.29) is 0 Å². The van der Waals surface area contributed by atoms with E-state index >= 15 is 0 Å². The van der Waals surface area contributed by atoms with Gasteiger partial charge in [0.05, 0.1) is 81.3 Å². The van der Waals surface area contributed by atoms with E-state index in [9.17, 15) is 0 Å². The van der Waals surface area contributed by atoms with Crippen LogP contribution in [-0.4, -0.2) is 57.1 Å². The van der Waals surface area contributed by atoms with Crippen molar-refractivity contribution in [3.8, 4) is 56.4 Å². The molecule has 8 aromatic carbocycles. The normalized spacial score (nSPS) is 10.7. The number of imidazole rings is 4. The molecule has 12 heteroatoms. The third-order valence-corrected chi connectivity index (χ3v) is 14.9. The molecule has 90 heavy (non-hydrogen) atoms. The molecule has 0 aliphatic rings. The molecule has 0 atom stereocenters. The molecule has 18 rings (SSSR count). The van der Waals surface area contributed by atoms with Crippen molar-refractivity contribution in [2.45, 2.75) is 0 Å². The van der Waals surface area contributed by atoms with Crippen molar-refractivity contribution < 1.29 is 0 Å². The van der Waals surface area contributed by atoms with Gasteiger partial charge in [-0.2, -0.15) is 10.2 Å². The molecule has 10 heterocycles. The zero-order chi connectivity index (χ0) is 60.5. The molecule has 0 N–H and O–H groups in total. The Labute approximate surface area is 520 Å². The highest BCUT2D eigenvalue weighted by Crippen LogP contribution is 2.26. The van der Waals surface area contributed by atoms with E-state index in [4.69, 9.17) is 0 Å². The molecule has 0 fully saturated rings. The van der Waals surface area contributed by atoms with Crippen molar-refractivity contribution >= 4 is 44.1 Å². The first-order chi connectivity index (χ1) is 44.7. The Kier molecular flexibility index (Phi) is 17.4. The average molecular weight is 1170 g/mol. The zero-order valence-electron chi connectivity index (χ0n) is 49.0. The van der Waals surface area contributed by atoms with Gasteiger partial charge < -0.3 is 4.40 Å². The molecule has 10 aromatic heterocycles. The molecule has 0 amide bonds. The van der Waals surface area contributed by atoms with E-state index in [0.29, 0.717) is 0 Å². The number of rotatable bonds is 6. The van der Waals surface area contributed by atoms with E-state index in [1.807, 2.05) is 270 Å². The van der Waals surface area contributed by atoms with Crippen LogP contribution in [0.1, 0.15) is 0 Å². The summed E-state index contributed by atoms with van der Waals surface area (Å²) in [7, 11) is 0. The van der Waals surface area contributed by atoms with E-state index in [2.05, 4.69) is 153 Å². The van der Waals surface area contributed by atoms with E-state index in [1.54, 1.807) is 0 Å². The number of nitrogens with zero attached hydrogens (tertiary/aromatic N) is 12. The second kappa shape index (κ2) is 27.7. The lowest BCUT2D eigenvalue weighted by atomic mass is 10.1. The summed E-state index contributed by atoms with van der Waals surface area (Å²) in [5.74, 6) is 0.992. The lowest BCUT2D eigenvalue weighted by Crippen LogP contribution is -1.94. The molecule has 0 aliphatic carbocycles. The van der Waals surface area contributed by atoms with Gasteiger partial charge in [0.2, 0.25) is 0 Å². The first kappa shape index (κ1) is 56.6. The van der Waals surface area contributed by atoms with E-state index in [0.717, 1.165) is 78.5 Å². The summed E-state index contributed by atoms with van der Waals surface area (Å²) in [4.78, 5) is 17.6. The Morgan fingerprint density at radius 1 is 0.300 bits per heavy atom. The second-order valence-electron chi connectivity index (χ2n) is 20.7. The molecule has 12 nitrogen and oxygen atoms in total. The van der Waals surface area contributed by atoms with Gasteiger partial charge in [-0.25, -0.2) is 29.1 Å². The molecule has 0 radical (unpaired) electrons. The number of benzene rings is 8. The number of fused-ring (bicyclic) bond motifs is 6. The van der Waals surface area contributed by atoms with Gasteiger partial charge in [-0.05, 0) is 96.6 Å². The highest BCUT2D eigenvalue weighted by molar-refractivity contribution is 5.81. The van der Waals surface area contributed by atoms with Crippen LogP contribution >= 0.6 is 0 Å². The largest absolute Gasteiger partial charge is 0.306 e. The van der Waals surface area contributed by atoms with Gasteiger partial charge in [-0.1, -0.05) is 212 Å². The van der Waals surface area contributed by atoms with Gasteiger partial charge in [-0.3, -0.25) is 13.4 Å². The smallest absolute Gasteiger partial charge is 0.144 e.